The Kier molecular flexibility index (Phi) is 5.09. The largest absolute Gasteiger partial charge is 0.325 e. The highest BCUT2D eigenvalue weighted by Gasteiger charge is 2.49. The zero-order chi connectivity index (χ0) is 23.9. The molecule has 4 amide bonds. The second kappa shape index (κ2) is 8.11. The Morgan fingerprint density at radius 3 is 2.53 bits per heavy atom. The summed E-state index contributed by atoms with van der Waals surface area (Å²) in [7, 11) is 0. The fourth-order valence-electron chi connectivity index (χ4n) is 4.01. The molecule has 0 saturated carbocycles. The number of urea groups is 1. The maximum absolute atomic E-state index is 13.0. The molecule has 2 aromatic carbocycles. The summed E-state index contributed by atoms with van der Waals surface area (Å²) >= 11 is 0. The van der Waals surface area contributed by atoms with Gasteiger partial charge in [-0.25, -0.2) is 14.8 Å². The second-order valence-corrected chi connectivity index (χ2v) is 8.37. The van der Waals surface area contributed by atoms with Gasteiger partial charge in [0.2, 0.25) is 5.91 Å². The third-order valence-corrected chi connectivity index (χ3v) is 5.94. The van der Waals surface area contributed by atoms with E-state index in [1.165, 1.54) is 6.20 Å². The lowest BCUT2D eigenvalue weighted by Crippen LogP contribution is -2.42. The molecule has 1 saturated heterocycles. The van der Waals surface area contributed by atoms with E-state index in [4.69, 9.17) is 0 Å². The van der Waals surface area contributed by atoms with Crippen LogP contribution in [0.5, 0.6) is 0 Å². The number of anilines is 1. The molecule has 170 valence electrons. The SMILES string of the molecule is Cc1ccc(C2(C)NC(=O)N(CC(=O)Nc3ccc(-n4cnc5ccccc54)nc3)C2=O)cc1. The summed E-state index contributed by atoms with van der Waals surface area (Å²) in [6.45, 7) is 3.18. The molecule has 2 N–H and O–H groups in total. The van der Waals surface area contributed by atoms with Gasteiger partial charge in [-0.1, -0.05) is 42.0 Å². The molecule has 4 aromatic rings. The Hall–Kier alpha value is -4.53. The van der Waals surface area contributed by atoms with Crippen LogP contribution in [0, 0.1) is 6.92 Å². The Labute approximate surface area is 195 Å². The minimum atomic E-state index is -1.22. The molecule has 34 heavy (non-hydrogen) atoms. The van der Waals surface area contributed by atoms with Crippen molar-refractivity contribution in [2.24, 2.45) is 0 Å². The van der Waals surface area contributed by atoms with Gasteiger partial charge in [0, 0.05) is 0 Å². The number of aryl methyl sites for hydroxylation is 1. The molecule has 2 aromatic heterocycles. The van der Waals surface area contributed by atoms with Gasteiger partial charge >= 0.3 is 6.03 Å². The first-order valence-corrected chi connectivity index (χ1v) is 10.7. The molecule has 3 heterocycles. The number of hydrogen-bond donors (Lipinski definition) is 2. The number of carbonyl (C=O) groups is 3. The first-order chi connectivity index (χ1) is 16.3. The highest BCUT2D eigenvalue weighted by atomic mass is 16.2. The van der Waals surface area contributed by atoms with Crippen LogP contribution in [0.15, 0.2) is 73.2 Å². The van der Waals surface area contributed by atoms with Crippen molar-refractivity contribution in [3.63, 3.8) is 0 Å². The lowest BCUT2D eigenvalue weighted by Gasteiger charge is -2.22. The van der Waals surface area contributed by atoms with Crippen molar-refractivity contribution in [1.82, 2.24) is 24.8 Å². The molecule has 0 aliphatic carbocycles. The lowest BCUT2D eigenvalue weighted by molar-refractivity contribution is -0.133. The highest BCUT2D eigenvalue weighted by molar-refractivity contribution is 6.10. The van der Waals surface area contributed by atoms with Crippen LogP contribution in [0.1, 0.15) is 18.1 Å². The lowest BCUT2D eigenvalue weighted by atomic mass is 9.91. The first-order valence-electron chi connectivity index (χ1n) is 10.7. The number of aromatic nitrogens is 3. The number of pyridine rings is 1. The van der Waals surface area contributed by atoms with E-state index in [1.807, 2.05) is 47.9 Å². The number of benzene rings is 2. The van der Waals surface area contributed by atoms with Crippen molar-refractivity contribution in [1.29, 1.82) is 0 Å². The average molecular weight is 454 g/mol. The summed E-state index contributed by atoms with van der Waals surface area (Å²) in [5, 5.41) is 5.40. The van der Waals surface area contributed by atoms with Gasteiger partial charge in [0.25, 0.3) is 5.91 Å². The maximum atomic E-state index is 13.0. The zero-order valence-electron chi connectivity index (χ0n) is 18.6. The van der Waals surface area contributed by atoms with Gasteiger partial charge in [0.1, 0.15) is 24.2 Å². The number of fused-ring (bicyclic) bond motifs is 1. The van der Waals surface area contributed by atoms with Gasteiger partial charge in [0.15, 0.2) is 0 Å². The van der Waals surface area contributed by atoms with Gasteiger partial charge in [-0.15, -0.1) is 0 Å². The average Bonchev–Trinajstić information content (AvgIpc) is 3.35. The molecule has 0 spiro atoms. The van der Waals surface area contributed by atoms with E-state index < -0.39 is 29.9 Å². The number of hydrogen-bond acceptors (Lipinski definition) is 5. The van der Waals surface area contributed by atoms with Gasteiger partial charge in [-0.2, -0.15) is 0 Å². The van der Waals surface area contributed by atoms with Crippen molar-refractivity contribution in [2.75, 3.05) is 11.9 Å². The molecular weight excluding hydrogens is 432 g/mol. The molecule has 0 radical (unpaired) electrons. The summed E-state index contributed by atoms with van der Waals surface area (Å²) in [4.78, 5) is 47.8. The molecule has 1 atom stereocenters. The van der Waals surface area contributed by atoms with E-state index in [0.29, 0.717) is 17.1 Å². The first kappa shape index (κ1) is 21.3. The summed E-state index contributed by atoms with van der Waals surface area (Å²) in [6, 6.07) is 17.9. The topological polar surface area (TPSA) is 109 Å². The smallest absolute Gasteiger partial charge is 0.323 e. The highest BCUT2D eigenvalue weighted by Crippen LogP contribution is 2.29. The van der Waals surface area contributed by atoms with Crippen LogP contribution in [0.2, 0.25) is 0 Å². The number of imide groups is 1. The minimum Gasteiger partial charge on any atom is -0.323 e. The van der Waals surface area contributed by atoms with E-state index in [1.54, 1.807) is 37.5 Å². The molecule has 5 rings (SSSR count). The molecule has 1 aliphatic heterocycles. The number of nitrogens with one attached hydrogen (secondary N) is 2. The molecule has 1 fully saturated rings. The molecule has 1 unspecified atom stereocenters. The molecule has 9 nitrogen and oxygen atoms in total. The summed E-state index contributed by atoms with van der Waals surface area (Å²) in [5.41, 5.74) is 2.70. The van der Waals surface area contributed by atoms with Gasteiger partial charge in [0.05, 0.1) is 22.9 Å². The van der Waals surface area contributed by atoms with Crippen molar-refractivity contribution in [3.8, 4) is 5.82 Å². The van der Waals surface area contributed by atoms with Crippen LogP contribution in [0.4, 0.5) is 10.5 Å². The third-order valence-electron chi connectivity index (χ3n) is 5.94. The molecular formula is C25H22N6O3. The van der Waals surface area contributed by atoms with Crippen molar-refractivity contribution < 1.29 is 14.4 Å². The summed E-state index contributed by atoms with van der Waals surface area (Å²) < 4.78 is 1.85. The number of rotatable bonds is 5. The van der Waals surface area contributed by atoms with Crippen LogP contribution in [0.25, 0.3) is 16.9 Å². The third kappa shape index (κ3) is 3.66. The van der Waals surface area contributed by atoms with Crippen molar-refractivity contribution >= 4 is 34.6 Å². The van der Waals surface area contributed by atoms with E-state index in [-0.39, 0.29) is 0 Å². The normalized spacial score (nSPS) is 17.8. The van der Waals surface area contributed by atoms with E-state index >= 15 is 0 Å². The summed E-state index contributed by atoms with van der Waals surface area (Å²) in [6.07, 6.45) is 3.21. The Morgan fingerprint density at radius 2 is 1.79 bits per heavy atom. The Balaban J connectivity index is 1.27. The van der Waals surface area contributed by atoms with Gasteiger partial charge in [-0.3, -0.25) is 19.1 Å². The number of imidazole rings is 1. The summed E-state index contributed by atoms with van der Waals surface area (Å²) in [5.74, 6) is -0.328. The van der Waals surface area contributed by atoms with Crippen LogP contribution in [-0.4, -0.2) is 43.8 Å². The monoisotopic (exact) mass is 454 g/mol. The van der Waals surface area contributed by atoms with Crippen molar-refractivity contribution in [3.05, 3.63) is 84.3 Å². The van der Waals surface area contributed by atoms with E-state index in [0.717, 1.165) is 21.5 Å². The number of para-hydroxylation sites is 2. The Morgan fingerprint density at radius 1 is 1.03 bits per heavy atom. The van der Waals surface area contributed by atoms with Crippen LogP contribution in [0.3, 0.4) is 0 Å². The standard InChI is InChI=1S/C25H22N6O3/c1-16-7-9-17(10-8-16)25(2)23(33)30(24(34)29-25)14-22(32)28-18-11-12-21(26-13-18)31-15-27-19-5-3-4-6-20(19)31/h3-13,15H,14H2,1-2H3,(H,28,32)(H,29,34). The molecule has 1 aliphatic rings. The van der Waals surface area contributed by atoms with Crippen molar-refractivity contribution in [2.45, 2.75) is 19.4 Å². The quantitative estimate of drug-likeness (QED) is 0.451. The van der Waals surface area contributed by atoms with Gasteiger partial charge in [-0.05, 0) is 43.7 Å². The van der Waals surface area contributed by atoms with Gasteiger partial charge < -0.3 is 10.6 Å². The maximum Gasteiger partial charge on any atom is 0.325 e. The predicted molar refractivity (Wildman–Crippen MR) is 126 cm³/mol. The fraction of sp³-hybridized carbons (Fsp3) is 0.160. The molecule has 9 heteroatoms. The van der Waals surface area contributed by atoms with E-state index in [9.17, 15) is 14.4 Å². The fourth-order valence-corrected chi connectivity index (χ4v) is 4.01. The minimum absolute atomic E-state index is 0.403. The number of carbonyl (C=O) groups excluding carboxylic acids is 3. The van der Waals surface area contributed by atoms with Crippen LogP contribution in [-0.2, 0) is 15.1 Å². The molecule has 0 bridgehead atoms. The Bertz CT molecular complexity index is 1410. The number of nitrogens with zero attached hydrogens (tertiary/aromatic N) is 4. The van der Waals surface area contributed by atoms with E-state index in [2.05, 4.69) is 20.6 Å². The van der Waals surface area contributed by atoms with Crippen LogP contribution >= 0.6 is 0 Å². The second-order valence-electron chi connectivity index (χ2n) is 8.37. The zero-order valence-corrected chi connectivity index (χ0v) is 18.6. The number of amides is 4. The van der Waals surface area contributed by atoms with Crippen LogP contribution < -0.4 is 10.6 Å². The predicted octanol–water partition coefficient (Wildman–Crippen LogP) is 3.13.